The van der Waals surface area contributed by atoms with Crippen LogP contribution in [0.5, 0.6) is 0 Å². The van der Waals surface area contributed by atoms with Crippen molar-refractivity contribution >= 4 is 10.1 Å². The van der Waals surface area contributed by atoms with Gasteiger partial charge in [-0.15, -0.1) is 0 Å². The zero-order valence-corrected chi connectivity index (χ0v) is 9.43. The summed E-state index contributed by atoms with van der Waals surface area (Å²) >= 11 is 0. The predicted molar refractivity (Wildman–Crippen MR) is 54.8 cm³/mol. The van der Waals surface area contributed by atoms with Crippen LogP contribution in [0, 0.1) is 11.3 Å². The van der Waals surface area contributed by atoms with E-state index in [4.69, 9.17) is 5.26 Å². The third-order valence-electron chi connectivity index (χ3n) is 2.27. The Morgan fingerprint density at radius 1 is 1.53 bits per heavy atom. The highest BCUT2D eigenvalue weighted by Crippen LogP contribution is 2.26. The van der Waals surface area contributed by atoms with Gasteiger partial charge in [-0.25, -0.2) is 0 Å². The van der Waals surface area contributed by atoms with Crippen molar-refractivity contribution in [2.75, 3.05) is 5.75 Å². The summed E-state index contributed by atoms with van der Waals surface area (Å²) in [5.74, 6) is -0.0686. The second-order valence-corrected chi connectivity index (χ2v) is 5.16. The molecule has 15 heavy (non-hydrogen) atoms. The van der Waals surface area contributed by atoms with Crippen LogP contribution in [0.4, 0.5) is 0 Å². The van der Waals surface area contributed by atoms with Crippen molar-refractivity contribution in [1.82, 2.24) is 5.48 Å². The van der Waals surface area contributed by atoms with Gasteiger partial charge in [-0.3, -0.25) is 5.48 Å². The van der Waals surface area contributed by atoms with Gasteiger partial charge in [-0.1, -0.05) is 0 Å². The van der Waals surface area contributed by atoms with Crippen molar-refractivity contribution in [1.29, 1.82) is 5.26 Å². The first-order valence-corrected chi connectivity index (χ1v) is 6.42. The van der Waals surface area contributed by atoms with Crippen LogP contribution in [-0.2, 0) is 14.4 Å². The zero-order valence-electron chi connectivity index (χ0n) is 8.62. The van der Waals surface area contributed by atoms with Gasteiger partial charge in [-0.2, -0.15) is 18.0 Å². The van der Waals surface area contributed by atoms with Crippen molar-refractivity contribution in [3.63, 3.8) is 0 Å². The minimum absolute atomic E-state index is 0.0686. The molecule has 0 aromatic rings. The Hall–Kier alpha value is -1.06. The molecule has 0 amide bonds. The van der Waals surface area contributed by atoms with Gasteiger partial charge in [0.1, 0.15) is 0 Å². The minimum Gasteiger partial charge on any atom is -0.254 e. The second kappa shape index (κ2) is 5.14. The van der Waals surface area contributed by atoms with Crippen LogP contribution < -0.4 is 5.48 Å². The number of allylic oxidation sites excluding steroid dienone is 2. The standard InChI is InChI=1S/C9H14N2O3S/c1-2-15(12,13)14-11-9-5-3-4-8(9)6-7-10/h11H,2-6H2,1H3. The van der Waals surface area contributed by atoms with E-state index in [2.05, 4.69) is 9.76 Å². The minimum atomic E-state index is -3.47. The molecule has 0 saturated heterocycles. The molecule has 1 aliphatic rings. The van der Waals surface area contributed by atoms with E-state index in [1.165, 1.54) is 6.92 Å². The van der Waals surface area contributed by atoms with Gasteiger partial charge in [0, 0.05) is 5.70 Å². The van der Waals surface area contributed by atoms with Crippen LogP contribution in [0.3, 0.4) is 0 Å². The molecule has 0 radical (unpaired) electrons. The summed E-state index contributed by atoms with van der Waals surface area (Å²) < 4.78 is 26.7. The smallest absolute Gasteiger partial charge is 0.254 e. The van der Waals surface area contributed by atoms with Crippen molar-refractivity contribution in [3.8, 4) is 6.07 Å². The molecular formula is C9H14N2O3S. The zero-order chi connectivity index (χ0) is 11.3. The first kappa shape index (κ1) is 12.0. The van der Waals surface area contributed by atoms with E-state index in [-0.39, 0.29) is 5.75 Å². The molecule has 0 aromatic heterocycles. The lowest BCUT2D eigenvalue weighted by molar-refractivity contribution is 0.233. The summed E-state index contributed by atoms with van der Waals surface area (Å²) in [7, 11) is -3.47. The van der Waals surface area contributed by atoms with Gasteiger partial charge >= 0.3 is 0 Å². The summed E-state index contributed by atoms with van der Waals surface area (Å²) in [6, 6.07) is 2.05. The van der Waals surface area contributed by atoms with E-state index in [1.807, 2.05) is 6.07 Å². The Morgan fingerprint density at radius 3 is 2.87 bits per heavy atom. The molecule has 0 heterocycles. The van der Waals surface area contributed by atoms with Gasteiger partial charge < -0.3 is 0 Å². The Bertz CT molecular complexity index is 392. The molecule has 84 valence electrons. The fourth-order valence-corrected chi connectivity index (χ4v) is 1.74. The monoisotopic (exact) mass is 230 g/mol. The largest absolute Gasteiger partial charge is 0.287 e. The number of nitriles is 1. The van der Waals surface area contributed by atoms with E-state index in [0.717, 1.165) is 30.5 Å². The highest BCUT2D eigenvalue weighted by Gasteiger charge is 2.16. The fourth-order valence-electron chi connectivity index (χ4n) is 1.39. The average molecular weight is 230 g/mol. The third-order valence-corrected chi connectivity index (χ3v) is 3.31. The van der Waals surface area contributed by atoms with Crippen LogP contribution in [-0.4, -0.2) is 14.2 Å². The Labute approximate surface area is 89.8 Å². The number of hydrogen-bond acceptors (Lipinski definition) is 5. The van der Waals surface area contributed by atoms with Gasteiger partial charge in [0.25, 0.3) is 10.1 Å². The molecule has 5 nitrogen and oxygen atoms in total. The van der Waals surface area contributed by atoms with Gasteiger partial charge in [0.2, 0.25) is 0 Å². The van der Waals surface area contributed by atoms with Crippen LogP contribution in [0.1, 0.15) is 32.6 Å². The predicted octanol–water partition coefficient (Wildman–Crippen LogP) is 1.21. The highest BCUT2D eigenvalue weighted by atomic mass is 32.2. The number of nitrogens with one attached hydrogen (secondary N) is 1. The number of hydrogen-bond donors (Lipinski definition) is 1. The maximum absolute atomic E-state index is 11.0. The molecule has 1 aliphatic carbocycles. The van der Waals surface area contributed by atoms with E-state index in [1.54, 1.807) is 0 Å². The summed E-state index contributed by atoms with van der Waals surface area (Å²) in [5.41, 5.74) is 4.14. The summed E-state index contributed by atoms with van der Waals surface area (Å²) in [5, 5.41) is 8.55. The SMILES string of the molecule is CCS(=O)(=O)ONC1=C(CC#N)CCC1. The van der Waals surface area contributed by atoms with Crippen LogP contribution in [0.25, 0.3) is 0 Å². The van der Waals surface area contributed by atoms with E-state index in [9.17, 15) is 8.42 Å². The van der Waals surface area contributed by atoms with Gasteiger partial charge in [0.05, 0.1) is 18.2 Å². The van der Waals surface area contributed by atoms with Crippen LogP contribution >= 0.6 is 0 Å². The van der Waals surface area contributed by atoms with Crippen molar-refractivity contribution < 1.29 is 12.7 Å². The molecule has 0 unspecified atom stereocenters. The summed E-state index contributed by atoms with van der Waals surface area (Å²) in [6.45, 7) is 1.51. The van der Waals surface area contributed by atoms with Gasteiger partial charge in [-0.05, 0) is 31.8 Å². The van der Waals surface area contributed by atoms with Crippen molar-refractivity contribution in [3.05, 3.63) is 11.3 Å². The summed E-state index contributed by atoms with van der Waals surface area (Å²) in [4.78, 5) is 0. The molecule has 6 heteroatoms. The van der Waals surface area contributed by atoms with Crippen molar-refractivity contribution in [2.24, 2.45) is 0 Å². The molecular weight excluding hydrogens is 216 g/mol. The maximum atomic E-state index is 11.0. The van der Waals surface area contributed by atoms with Gasteiger partial charge in [0.15, 0.2) is 0 Å². The van der Waals surface area contributed by atoms with E-state index < -0.39 is 10.1 Å². The first-order valence-electron chi connectivity index (χ1n) is 4.84. The lowest BCUT2D eigenvalue weighted by Crippen LogP contribution is -2.21. The quantitative estimate of drug-likeness (QED) is 0.718. The van der Waals surface area contributed by atoms with E-state index in [0.29, 0.717) is 6.42 Å². The average Bonchev–Trinajstić information content (AvgIpc) is 2.64. The second-order valence-electron chi connectivity index (χ2n) is 3.30. The fraction of sp³-hybridized carbons (Fsp3) is 0.667. The molecule has 0 saturated carbocycles. The Balaban J connectivity index is 2.58. The molecule has 0 spiro atoms. The molecule has 0 aromatic carbocycles. The number of nitrogens with zero attached hydrogens (tertiary/aromatic N) is 1. The Morgan fingerprint density at radius 2 is 2.27 bits per heavy atom. The Kier molecular flexibility index (Phi) is 4.12. The maximum Gasteiger partial charge on any atom is 0.287 e. The number of rotatable bonds is 5. The summed E-state index contributed by atoms with van der Waals surface area (Å²) in [6.07, 6.45) is 2.86. The van der Waals surface area contributed by atoms with E-state index >= 15 is 0 Å². The molecule has 1 N–H and O–H groups in total. The van der Waals surface area contributed by atoms with Crippen molar-refractivity contribution in [2.45, 2.75) is 32.6 Å². The molecule has 0 atom stereocenters. The molecule has 1 rings (SSSR count). The normalized spacial score (nSPS) is 16.5. The lowest BCUT2D eigenvalue weighted by Gasteiger charge is -2.08. The lowest BCUT2D eigenvalue weighted by atomic mass is 10.2. The highest BCUT2D eigenvalue weighted by molar-refractivity contribution is 7.86. The third kappa shape index (κ3) is 3.53. The van der Waals surface area contributed by atoms with Crippen LogP contribution in [0.15, 0.2) is 11.3 Å². The van der Waals surface area contributed by atoms with Crippen LogP contribution in [0.2, 0.25) is 0 Å². The number of hydroxylamine groups is 1. The first-order chi connectivity index (χ1) is 7.09. The topological polar surface area (TPSA) is 79.2 Å². The molecule has 0 fully saturated rings. The molecule has 0 bridgehead atoms. The molecule has 0 aliphatic heterocycles.